The van der Waals surface area contributed by atoms with Gasteiger partial charge in [0.2, 0.25) is 0 Å². The lowest BCUT2D eigenvalue weighted by Gasteiger charge is -2.28. The summed E-state index contributed by atoms with van der Waals surface area (Å²) in [5.74, 6) is 0.852. The highest BCUT2D eigenvalue weighted by atomic mass is 79.9. The lowest BCUT2D eigenvalue weighted by Crippen LogP contribution is -2.36. The zero-order chi connectivity index (χ0) is 15.6. The number of ether oxygens (including phenoxy) is 1. The molecule has 112 valence electrons. The third-order valence-electron chi connectivity index (χ3n) is 3.82. The summed E-state index contributed by atoms with van der Waals surface area (Å²) >= 11 is 3.61. The fourth-order valence-corrected chi connectivity index (χ4v) is 3.04. The van der Waals surface area contributed by atoms with E-state index in [4.69, 9.17) is 10.5 Å². The molecular weight excluding hydrogens is 326 g/mol. The molecule has 0 bridgehead atoms. The van der Waals surface area contributed by atoms with Crippen molar-refractivity contribution in [2.24, 2.45) is 5.73 Å². The molecule has 0 aromatic heterocycles. The van der Waals surface area contributed by atoms with Crippen molar-refractivity contribution in [3.05, 3.63) is 63.1 Å². The van der Waals surface area contributed by atoms with E-state index in [-0.39, 0.29) is 0 Å². The van der Waals surface area contributed by atoms with Crippen LogP contribution in [0.15, 0.2) is 40.9 Å². The fraction of sp³-hybridized carbons (Fsp3) is 0.333. The lowest BCUT2D eigenvalue weighted by atomic mass is 9.83. The van der Waals surface area contributed by atoms with Crippen molar-refractivity contribution in [2.75, 3.05) is 7.11 Å². The van der Waals surface area contributed by atoms with Crippen LogP contribution in [0, 0.1) is 13.8 Å². The van der Waals surface area contributed by atoms with Gasteiger partial charge in [-0.25, -0.2) is 0 Å². The zero-order valence-corrected chi connectivity index (χ0v) is 14.6. The SMILES string of the molecule is COc1ccc(Br)c(CC(C)(N)c2cc(C)ccc2C)c1. The van der Waals surface area contributed by atoms with Crippen LogP contribution in [0.2, 0.25) is 0 Å². The van der Waals surface area contributed by atoms with Crippen LogP contribution in [0.4, 0.5) is 0 Å². The molecule has 0 amide bonds. The van der Waals surface area contributed by atoms with Crippen molar-refractivity contribution in [3.63, 3.8) is 0 Å². The van der Waals surface area contributed by atoms with Crippen LogP contribution in [0.25, 0.3) is 0 Å². The minimum atomic E-state index is -0.426. The van der Waals surface area contributed by atoms with Gasteiger partial charge in [-0.3, -0.25) is 0 Å². The van der Waals surface area contributed by atoms with E-state index in [0.717, 1.165) is 22.2 Å². The molecule has 0 saturated heterocycles. The number of methoxy groups -OCH3 is 1. The molecule has 2 nitrogen and oxygen atoms in total. The Morgan fingerprint density at radius 1 is 1.14 bits per heavy atom. The normalized spacial score (nSPS) is 13.8. The minimum Gasteiger partial charge on any atom is -0.497 e. The molecule has 2 aromatic carbocycles. The van der Waals surface area contributed by atoms with Gasteiger partial charge >= 0.3 is 0 Å². The molecule has 0 aliphatic heterocycles. The Kier molecular flexibility index (Phi) is 4.74. The Morgan fingerprint density at radius 3 is 2.52 bits per heavy atom. The standard InChI is InChI=1S/C18H22BrNO/c1-12-5-6-13(2)16(9-12)18(3,20)11-14-10-15(21-4)7-8-17(14)19/h5-10H,11,20H2,1-4H3. The predicted octanol–water partition coefficient (Wildman–Crippen LogP) is 4.49. The predicted molar refractivity (Wildman–Crippen MR) is 91.9 cm³/mol. The summed E-state index contributed by atoms with van der Waals surface area (Å²) in [7, 11) is 1.68. The number of hydrogen-bond donors (Lipinski definition) is 1. The second-order valence-electron chi connectivity index (χ2n) is 5.87. The number of rotatable bonds is 4. The molecule has 0 heterocycles. The molecule has 2 rings (SSSR count). The van der Waals surface area contributed by atoms with Crippen LogP contribution in [-0.2, 0) is 12.0 Å². The van der Waals surface area contributed by atoms with Crippen molar-refractivity contribution < 1.29 is 4.74 Å². The highest BCUT2D eigenvalue weighted by Gasteiger charge is 2.25. The maximum atomic E-state index is 6.64. The second-order valence-corrected chi connectivity index (χ2v) is 6.72. The first kappa shape index (κ1) is 16.1. The largest absolute Gasteiger partial charge is 0.497 e. The lowest BCUT2D eigenvalue weighted by molar-refractivity contribution is 0.412. The average Bonchev–Trinajstić information content (AvgIpc) is 2.43. The summed E-state index contributed by atoms with van der Waals surface area (Å²) in [4.78, 5) is 0. The first-order chi connectivity index (χ1) is 9.83. The Hall–Kier alpha value is -1.32. The topological polar surface area (TPSA) is 35.2 Å². The van der Waals surface area contributed by atoms with Crippen molar-refractivity contribution >= 4 is 15.9 Å². The molecule has 0 radical (unpaired) electrons. The van der Waals surface area contributed by atoms with E-state index in [1.807, 2.05) is 18.2 Å². The summed E-state index contributed by atoms with van der Waals surface area (Å²) < 4.78 is 6.37. The molecule has 1 atom stereocenters. The van der Waals surface area contributed by atoms with Crippen LogP contribution in [0.3, 0.4) is 0 Å². The van der Waals surface area contributed by atoms with E-state index in [9.17, 15) is 0 Å². The Balaban J connectivity index is 2.39. The second kappa shape index (κ2) is 6.20. The molecule has 0 aliphatic carbocycles. The molecule has 0 aliphatic rings. The minimum absolute atomic E-state index is 0.426. The van der Waals surface area contributed by atoms with Crippen LogP contribution in [0.1, 0.15) is 29.2 Å². The molecule has 2 N–H and O–H groups in total. The summed E-state index contributed by atoms with van der Waals surface area (Å²) in [5, 5.41) is 0. The molecule has 0 saturated carbocycles. The Bertz CT molecular complexity index is 650. The van der Waals surface area contributed by atoms with Crippen molar-refractivity contribution in [1.82, 2.24) is 0 Å². The van der Waals surface area contributed by atoms with E-state index >= 15 is 0 Å². The summed E-state index contributed by atoms with van der Waals surface area (Å²) in [5.41, 5.74) is 11.0. The quantitative estimate of drug-likeness (QED) is 0.884. The molecule has 0 spiro atoms. The van der Waals surface area contributed by atoms with E-state index < -0.39 is 5.54 Å². The Morgan fingerprint density at radius 2 is 1.86 bits per heavy atom. The van der Waals surface area contributed by atoms with Gasteiger partial charge in [-0.05, 0) is 62.1 Å². The van der Waals surface area contributed by atoms with Crippen LogP contribution in [0.5, 0.6) is 5.75 Å². The number of nitrogens with two attached hydrogens (primary N) is 1. The fourth-order valence-electron chi connectivity index (χ4n) is 2.66. The van der Waals surface area contributed by atoms with Gasteiger partial charge in [0.05, 0.1) is 7.11 Å². The molecule has 1 unspecified atom stereocenters. The zero-order valence-electron chi connectivity index (χ0n) is 13.0. The number of aryl methyl sites for hydroxylation is 2. The molecule has 0 fully saturated rings. The maximum Gasteiger partial charge on any atom is 0.119 e. The third-order valence-corrected chi connectivity index (χ3v) is 4.59. The van der Waals surface area contributed by atoms with Gasteiger partial charge in [-0.1, -0.05) is 39.7 Å². The summed E-state index contributed by atoms with van der Waals surface area (Å²) in [6.45, 7) is 6.29. The first-order valence-corrected chi connectivity index (χ1v) is 7.82. The molecule has 21 heavy (non-hydrogen) atoms. The van der Waals surface area contributed by atoms with Crippen LogP contribution in [-0.4, -0.2) is 7.11 Å². The smallest absolute Gasteiger partial charge is 0.119 e. The highest BCUT2D eigenvalue weighted by Crippen LogP contribution is 2.31. The third kappa shape index (κ3) is 3.66. The van der Waals surface area contributed by atoms with E-state index in [1.165, 1.54) is 16.7 Å². The summed E-state index contributed by atoms with van der Waals surface area (Å²) in [6.07, 6.45) is 0.745. The van der Waals surface area contributed by atoms with Crippen molar-refractivity contribution in [2.45, 2.75) is 32.7 Å². The van der Waals surface area contributed by atoms with Crippen LogP contribution >= 0.6 is 15.9 Å². The van der Waals surface area contributed by atoms with Gasteiger partial charge < -0.3 is 10.5 Å². The van der Waals surface area contributed by atoms with Crippen LogP contribution < -0.4 is 10.5 Å². The van der Waals surface area contributed by atoms with Crippen molar-refractivity contribution in [1.29, 1.82) is 0 Å². The van der Waals surface area contributed by atoms with Gasteiger partial charge in [0.15, 0.2) is 0 Å². The average molecular weight is 348 g/mol. The van der Waals surface area contributed by atoms with Crippen molar-refractivity contribution in [3.8, 4) is 5.75 Å². The number of benzene rings is 2. The van der Waals surface area contributed by atoms with Gasteiger partial charge in [-0.15, -0.1) is 0 Å². The molecular formula is C18H22BrNO. The molecule has 2 aromatic rings. The first-order valence-electron chi connectivity index (χ1n) is 7.02. The number of halogens is 1. The monoisotopic (exact) mass is 347 g/mol. The molecule has 3 heteroatoms. The summed E-state index contributed by atoms with van der Waals surface area (Å²) in [6, 6.07) is 12.4. The van der Waals surface area contributed by atoms with E-state index in [0.29, 0.717) is 0 Å². The van der Waals surface area contributed by atoms with Gasteiger partial charge in [0.25, 0.3) is 0 Å². The maximum absolute atomic E-state index is 6.64. The highest BCUT2D eigenvalue weighted by molar-refractivity contribution is 9.10. The van der Waals surface area contributed by atoms with E-state index in [2.05, 4.69) is 54.9 Å². The van der Waals surface area contributed by atoms with Gasteiger partial charge in [0, 0.05) is 10.0 Å². The van der Waals surface area contributed by atoms with Gasteiger partial charge in [-0.2, -0.15) is 0 Å². The Labute approximate surface area is 135 Å². The van der Waals surface area contributed by atoms with E-state index in [1.54, 1.807) is 7.11 Å². The number of hydrogen-bond acceptors (Lipinski definition) is 2. The van der Waals surface area contributed by atoms with Gasteiger partial charge in [0.1, 0.15) is 5.75 Å².